The third-order valence-electron chi connectivity index (χ3n) is 2.63. The van der Waals surface area contributed by atoms with E-state index in [0.717, 1.165) is 5.56 Å². The van der Waals surface area contributed by atoms with Crippen LogP contribution in [0.5, 0.6) is 5.75 Å². The highest BCUT2D eigenvalue weighted by Gasteiger charge is 2.10. The Morgan fingerprint density at radius 1 is 1.26 bits per heavy atom. The SMILES string of the molecule is COc1ccc(/C(=C\c2cccnc2)C(=O)O)cc1. The fraction of sp³-hybridized carbons (Fsp3) is 0.0667. The number of hydrogen-bond acceptors (Lipinski definition) is 3. The molecule has 19 heavy (non-hydrogen) atoms. The first-order valence-corrected chi connectivity index (χ1v) is 5.70. The van der Waals surface area contributed by atoms with Crippen molar-refractivity contribution in [3.8, 4) is 5.75 Å². The number of carboxylic acids is 1. The van der Waals surface area contributed by atoms with Gasteiger partial charge in [0.1, 0.15) is 5.75 Å². The van der Waals surface area contributed by atoms with Gasteiger partial charge in [-0.1, -0.05) is 18.2 Å². The number of methoxy groups -OCH3 is 1. The van der Waals surface area contributed by atoms with Crippen molar-refractivity contribution in [2.75, 3.05) is 7.11 Å². The molecule has 4 heteroatoms. The van der Waals surface area contributed by atoms with Gasteiger partial charge < -0.3 is 9.84 Å². The molecule has 0 saturated heterocycles. The largest absolute Gasteiger partial charge is 0.497 e. The van der Waals surface area contributed by atoms with E-state index in [2.05, 4.69) is 4.98 Å². The molecule has 0 radical (unpaired) electrons. The number of carboxylic acid groups (broad SMARTS) is 1. The van der Waals surface area contributed by atoms with Gasteiger partial charge in [-0.3, -0.25) is 4.98 Å². The van der Waals surface area contributed by atoms with E-state index in [1.165, 1.54) is 0 Å². The summed E-state index contributed by atoms with van der Waals surface area (Å²) in [4.78, 5) is 15.3. The summed E-state index contributed by atoms with van der Waals surface area (Å²) >= 11 is 0. The Balaban J connectivity index is 2.40. The molecule has 0 fully saturated rings. The summed E-state index contributed by atoms with van der Waals surface area (Å²) in [5.41, 5.74) is 1.59. The standard InChI is InChI=1S/C15H13NO3/c1-19-13-6-4-12(5-7-13)14(15(17)18)9-11-3-2-8-16-10-11/h2-10H,1H3,(H,17,18)/b14-9+. The second kappa shape index (κ2) is 5.82. The Labute approximate surface area is 111 Å². The average molecular weight is 255 g/mol. The first-order valence-electron chi connectivity index (χ1n) is 5.70. The quantitative estimate of drug-likeness (QED) is 0.853. The van der Waals surface area contributed by atoms with Crippen molar-refractivity contribution in [1.29, 1.82) is 0 Å². The van der Waals surface area contributed by atoms with Crippen LogP contribution in [0, 0.1) is 0 Å². The summed E-state index contributed by atoms with van der Waals surface area (Å²) < 4.78 is 5.05. The second-order valence-electron chi connectivity index (χ2n) is 3.88. The molecule has 0 spiro atoms. The van der Waals surface area contributed by atoms with Gasteiger partial charge in [0.2, 0.25) is 0 Å². The summed E-state index contributed by atoms with van der Waals surface area (Å²) in [5, 5.41) is 9.29. The topological polar surface area (TPSA) is 59.4 Å². The summed E-state index contributed by atoms with van der Waals surface area (Å²) in [6.07, 6.45) is 4.86. The number of ether oxygens (including phenoxy) is 1. The van der Waals surface area contributed by atoms with Gasteiger partial charge in [-0.2, -0.15) is 0 Å². The van der Waals surface area contributed by atoms with Crippen LogP contribution in [0.3, 0.4) is 0 Å². The number of aromatic nitrogens is 1. The van der Waals surface area contributed by atoms with E-state index in [-0.39, 0.29) is 5.57 Å². The van der Waals surface area contributed by atoms with E-state index in [1.54, 1.807) is 62.0 Å². The Morgan fingerprint density at radius 2 is 2.00 bits per heavy atom. The normalized spacial score (nSPS) is 11.1. The lowest BCUT2D eigenvalue weighted by molar-refractivity contribution is -0.130. The van der Waals surface area contributed by atoms with Crippen molar-refractivity contribution in [2.24, 2.45) is 0 Å². The van der Waals surface area contributed by atoms with Crippen LogP contribution in [0.2, 0.25) is 0 Å². The highest BCUT2D eigenvalue weighted by molar-refractivity contribution is 6.20. The molecule has 1 aromatic carbocycles. The van der Waals surface area contributed by atoms with Gasteiger partial charge in [0.05, 0.1) is 12.7 Å². The van der Waals surface area contributed by atoms with E-state index in [1.807, 2.05) is 0 Å². The average Bonchev–Trinajstić information content (AvgIpc) is 2.46. The maximum atomic E-state index is 11.3. The third kappa shape index (κ3) is 3.19. The molecule has 0 aliphatic rings. The van der Waals surface area contributed by atoms with Gasteiger partial charge in [0.25, 0.3) is 0 Å². The van der Waals surface area contributed by atoms with E-state index < -0.39 is 5.97 Å². The molecular weight excluding hydrogens is 242 g/mol. The van der Waals surface area contributed by atoms with E-state index in [9.17, 15) is 9.90 Å². The van der Waals surface area contributed by atoms with Gasteiger partial charge >= 0.3 is 5.97 Å². The Bertz CT molecular complexity index is 589. The van der Waals surface area contributed by atoms with Crippen molar-refractivity contribution in [3.05, 3.63) is 59.9 Å². The highest BCUT2D eigenvalue weighted by Crippen LogP contribution is 2.21. The zero-order chi connectivity index (χ0) is 13.7. The summed E-state index contributed by atoms with van der Waals surface area (Å²) in [6, 6.07) is 10.5. The van der Waals surface area contributed by atoms with Crippen LogP contribution in [0.25, 0.3) is 11.6 Å². The molecule has 4 nitrogen and oxygen atoms in total. The van der Waals surface area contributed by atoms with Crippen LogP contribution in [-0.4, -0.2) is 23.2 Å². The van der Waals surface area contributed by atoms with Crippen LogP contribution in [0.1, 0.15) is 11.1 Å². The minimum atomic E-state index is -0.978. The molecule has 96 valence electrons. The molecule has 0 saturated carbocycles. The van der Waals surface area contributed by atoms with Gasteiger partial charge in [-0.25, -0.2) is 4.79 Å². The molecule has 0 unspecified atom stereocenters. The van der Waals surface area contributed by atoms with E-state index in [0.29, 0.717) is 11.3 Å². The maximum absolute atomic E-state index is 11.3. The Morgan fingerprint density at radius 3 is 2.53 bits per heavy atom. The van der Waals surface area contributed by atoms with Crippen molar-refractivity contribution in [3.63, 3.8) is 0 Å². The lowest BCUT2D eigenvalue weighted by Gasteiger charge is -2.05. The third-order valence-corrected chi connectivity index (χ3v) is 2.63. The molecular formula is C15H13NO3. The van der Waals surface area contributed by atoms with Crippen molar-refractivity contribution in [1.82, 2.24) is 4.98 Å². The number of nitrogens with zero attached hydrogens (tertiary/aromatic N) is 1. The van der Waals surface area contributed by atoms with Crippen LogP contribution in [-0.2, 0) is 4.79 Å². The molecule has 0 amide bonds. The number of carbonyl (C=O) groups is 1. The summed E-state index contributed by atoms with van der Waals surface area (Å²) in [6.45, 7) is 0. The number of aliphatic carboxylic acids is 1. The number of benzene rings is 1. The maximum Gasteiger partial charge on any atom is 0.336 e. The Kier molecular flexibility index (Phi) is 3.93. The molecule has 1 N–H and O–H groups in total. The van der Waals surface area contributed by atoms with Gasteiger partial charge in [-0.05, 0) is 35.4 Å². The zero-order valence-electron chi connectivity index (χ0n) is 10.4. The van der Waals surface area contributed by atoms with Crippen molar-refractivity contribution in [2.45, 2.75) is 0 Å². The first kappa shape index (κ1) is 12.8. The highest BCUT2D eigenvalue weighted by atomic mass is 16.5. The first-order chi connectivity index (χ1) is 9.20. The summed E-state index contributed by atoms with van der Waals surface area (Å²) in [7, 11) is 1.57. The van der Waals surface area contributed by atoms with Crippen LogP contribution >= 0.6 is 0 Å². The lowest BCUT2D eigenvalue weighted by Crippen LogP contribution is -1.99. The van der Waals surface area contributed by atoms with Gasteiger partial charge in [0.15, 0.2) is 0 Å². The van der Waals surface area contributed by atoms with Crippen LogP contribution < -0.4 is 4.74 Å². The second-order valence-corrected chi connectivity index (χ2v) is 3.88. The smallest absolute Gasteiger partial charge is 0.336 e. The molecule has 0 bridgehead atoms. The predicted molar refractivity (Wildman–Crippen MR) is 72.7 cm³/mol. The molecule has 1 heterocycles. The van der Waals surface area contributed by atoms with E-state index in [4.69, 9.17) is 4.74 Å². The fourth-order valence-electron chi connectivity index (χ4n) is 1.67. The van der Waals surface area contributed by atoms with Gasteiger partial charge in [0, 0.05) is 12.4 Å². The molecule has 2 aromatic rings. The summed E-state index contributed by atoms with van der Waals surface area (Å²) in [5.74, 6) is -0.288. The van der Waals surface area contributed by atoms with Crippen LogP contribution in [0.15, 0.2) is 48.8 Å². The van der Waals surface area contributed by atoms with E-state index >= 15 is 0 Å². The molecule has 0 aliphatic carbocycles. The number of hydrogen-bond donors (Lipinski definition) is 1. The number of pyridine rings is 1. The van der Waals surface area contributed by atoms with Crippen molar-refractivity contribution >= 4 is 17.6 Å². The zero-order valence-corrected chi connectivity index (χ0v) is 10.4. The van der Waals surface area contributed by atoms with Crippen molar-refractivity contribution < 1.29 is 14.6 Å². The minimum Gasteiger partial charge on any atom is -0.497 e. The minimum absolute atomic E-state index is 0.218. The molecule has 0 aliphatic heterocycles. The fourth-order valence-corrected chi connectivity index (χ4v) is 1.67. The predicted octanol–water partition coefficient (Wildman–Crippen LogP) is 2.72. The molecule has 2 rings (SSSR count). The monoisotopic (exact) mass is 255 g/mol. The Hall–Kier alpha value is -2.62. The number of rotatable bonds is 4. The lowest BCUT2D eigenvalue weighted by atomic mass is 10.0. The molecule has 1 aromatic heterocycles. The molecule has 0 atom stereocenters. The van der Waals surface area contributed by atoms with Gasteiger partial charge in [-0.15, -0.1) is 0 Å². The van der Waals surface area contributed by atoms with Crippen LogP contribution in [0.4, 0.5) is 0 Å².